The van der Waals surface area contributed by atoms with Crippen molar-refractivity contribution < 1.29 is 0 Å². The molecule has 0 amide bonds. The molecule has 0 aliphatic heterocycles. The van der Waals surface area contributed by atoms with Crippen molar-refractivity contribution >= 4 is 0 Å². The van der Waals surface area contributed by atoms with Crippen molar-refractivity contribution in [1.82, 2.24) is 15.3 Å². The molecule has 0 spiro atoms. The van der Waals surface area contributed by atoms with Crippen molar-refractivity contribution in [1.29, 1.82) is 0 Å². The number of hydrogen-bond acceptors (Lipinski definition) is 3. The van der Waals surface area contributed by atoms with Crippen LogP contribution in [0.3, 0.4) is 0 Å². The van der Waals surface area contributed by atoms with E-state index in [4.69, 9.17) is 0 Å². The van der Waals surface area contributed by atoms with Gasteiger partial charge in [-0.05, 0) is 31.0 Å². The van der Waals surface area contributed by atoms with Gasteiger partial charge in [0.15, 0.2) is 0 Å². The second-order valence-electron chi connectivity index (χ2n) is 4.42. The minimum absolute atomic E-state index is 0.926. The molecule has 0 radical (unpaired) electrons. The molecule has 18 heavy (non-hydrogen) atoms. The number of rotatable bonds is 5. The average molecular weight is 241 g/mol. The lowest BCUT2D eigenvalue weighted by molar-refractivity contribution is 0.675. The van der Waals surface area contributed by atoms with Gasteiger partial charge >= 0.3 is 0 Å². The topological polar surface area (TPSA) is 37.8 Å². The molecule has 2 aromatic rings. The Balaban J connectivity index is 2.15. The zero-order chi connectivity index (χ0) is 12.8. The van der Waals surface area contributed by atoms with Gasteiger partial charge < -0.3 is 5.32 Å². The average Bonchev–Trinajstić information content (AvgIpc) is 2.40. The van der Waals surface area contributed by atoms with Crippen LogP contribution in [0.4, 0.5) is 0 Å². The summed E-state index contributed by atoms with van der Waals surface area (Å²) in [7, 11) is 0. The van der Waals surface area contributed by atoms with E-state index in [-0.39, 0.29) is 0 Å². The number of hydrogen-bond donors (Lipinski definition) is 1. The van der Waals surface area contributed by atoms with Crippen LogP contribution < -0.4 is 5.32 Å². The fraction of sp³-hybridized carbons (Fsp3) is 0.333. The van der Waals surface area contributed by atoms with Crippen molar-refractivity contribution in [2.75, 3.05) is 6.54 Å². The second-order valence-corrected chi connectivity index (χ2v) is 4.42. The predicted octanol–water partition coefficient (Wildman–Crippen LogP) is 2.95. The van der Waals surface area contributed by atoms with E-state index in [1.54, 1.807) is 18.6 Å². The molecular formula is C15H19N3. The number of aryl methyl sites for hydroxylation is 1. The van der Waals surface area contributed by atoms with Crippen LogP contribution in [0.15, 0.2) is 36.8 Å². The molecule has 3 nitrogen and oxygen atoms in total. The van der Waals surface area contributed by atoms with Gasteiger partial charge in [-0.25, -0.2) is 0 Å². The number of nitrogens with one attached hydrogen (secondary N) is 1. The van der Waals surface area contributed by atoms with E-state index in [9.17, 15) is 0 Å². The summed E-state index contributed by atoms with van der Waals surface area (Å²) >= 11 is 0. The van der Waals surface area contributed by atoms with E-state index < -0.39 is 0 Å². The van der Waals surface area contributed by atoms with E-state index in [2.05, 4.69) is 47.3 Å². The molecular weight excluding hydrogens is 222 g/mol. The third kappa shape index (κ3) is 3.14. The Hall–Kier alpha value is -1.74. The van der Waals surface area contributed by atoms with Gasteiger partial charge in [0, 0.05) is 24.5 Å². The van der Waals surface area contributed by atoms with Crippen molar-refractivity contribution in [2.45, 2.75) is 26.8 Å². The van der Waals surface area contributed by atoms with Crippen LogP contribution in [0, 0.1) is 6.92 Å². The molecule has 0 atom stereocenters. The highest BCUT2D eigenvalue weighted by Crippen LogP contribution is 2.21. The molecule has 0 unspecified atom stereocenters. The minimum atomic E-state index is 0.926. The molecule has 1 heterocycles. The van der Waals surface area contributed by atoms with Crippen LogP contribution in [0.1, 0.15) is 24.5 Å². The molecule has 1 aromatic carbocycles. The zero-order valence-corrected chi connectivity index (χ0v) is 11.0. The SMILES string of the molecule is CCCNCc1ccc(-c2cnccn2)c(C)c1. The molecule has 1 N–H and O–H groups in total. The molecule has 94 valence electrons. The Kier molecular flexibility index (Phi) is 4.42. The van der Waals surface area contributed by atoms with E-state index in [0.717, 1.165) is 30.8 Å². The first-order chi connectivity index (χ1) is 8.81. The normalized spacial score (nSPS) is 10.6. The first kappa shape index (κ1) is 12.7. The summed E-state index contributed by atoms with van der Waals surface area (Å²) in [4.78, 5) is 8.45. The van der Waals surface area contributed by atoms with Crippen molar-refractivity contribution in [3.63, 3.8) is 0 Å². The van der Waals surface area contributed by atoms with E-state index >= 15 is 0 Å². The molecule has 0 aliphatic rings. The number of nitrogens with zero attached hydrogens (tertiary/aromatic N) is 2. The lowest BCUT2D eigenvalue weighted by atomic mass is 10.0. The highest BCUT2D eigenvalue weighted by Gasteiger charge is 2.04. The summed E-state index contributed by atoms with van der Waals surface area (Å²) in [6.07, 6.45) is 6.39. The lowest BCUT2D eigenvalue weighted by Crippen LogP contribution is -2.13. The summed E-state index contributed by atoms with van der Waals surface area (Å²) in [6, 6.07) is 6.49. The molecule has 0 bridgehead atoms. The predicted molar refractivity (Wildman–Crippen MR) is 74.2 cm³/mol. The molecule has 0 aliphatic carbocycles. The van der Waals surface area contributed by atoms with Crippen molar-refractivity contribution in [3.8, 4) is 11.3 Å². The van der Waals surface area contributed by atoms with Crippen LogP contribution in [0.5, 0.6) is 0 Å². The third-order valence-electron chi connectivity index (χ3n) is 2.89. The van der Waals surface area contributed by atoms with Crippen LogP contribution in [0.25, 0.3) is 11.3 Å². The molecule has 0 fully saturated rings. The van der Waals surface area contributed by atoms with Gasteiger partial charge in [0.05, 0.1) is 11.9 Å². The lowest BCUT2D eigenvalue weighted by Gasteiger charge is -2.08. The van der Waals surface area contributed by atoms with Crippen molar-refractivity contribution in [3.05, 3.63) is 47.9 Å². The summed E-state index contributed by atoms with van der Waals surface area (Å²) in [6.45, 7) is 6.28. The van der Waals surface area contributed by atoms with Gasteiger partial charge in [-0.1, -0.05) is 25.1 Å². The Bertz CT molecular complexity index is 494. The maximum absolute atomic E-state index is 4.34. The summed E-state index contributed by atoms with van der Waals surface area (Å²) in [5, 5.41) is 3.41. The molecule has 3 heteroatoms. The van der Waals surface area contributed by atoms with E-state index in [1.165, 1.54) is 11.1 Å². The fourth-order valence-electron chi connectivity index (χ4n) is 1.97. The van der Waals surface area contributed by atoms with Gasteiger partial charge in [-0.3, -0.25) is 9.97 Å². The smallest absolute Gasteiger partial charge is 0.0887 e. The quantitative estimate of drug-likeness (QED) is 0.818. The summed E-state index contributed by atoms with van der Waals surface area (Å²) in [5.74, 6) is 0. The Morgan fingerprint density at radius 3 is 2.78 bits per heavy atom. The molecule has 0 saturated carbocycles. The highest BCUT2D eigenvalue weighted by atomic mass is 14.8. The van der Waals surface area contributed by atoms with E-state index in [1.807, 2.05) is 0 Å². The molecule has 1 aromatic heterocycles. The third-order valence-corrected chi connectivity index (χ3v) is 2.89. The van der Waals surface area contributed by atoms with Crippen LogP contribution in [-0.2, 0) is 6.54 Å². The van der Waals surface area contributed by atoms with E-state index in [0.29, 0.717) is 0 Å². The standard InChI is InChI=1S/C15H19N3/c1-3-6-16-10-13-4-5-14(12(2)9-13)15-11-17-7-8-18-15/h4-5,7-9,11,16H,3,6,10H2,1-2H3. The van der Waals surface area contributed by atoms with Gasteiger partial charge in [0.1, 0.15) is 0 Å². The van der Waals surface area contributed by atoms with Crippen molar-refractivity contribution in [2.24, 2.45) is 0 Å². The molecule has 2 rings (SSSR count). The first-order valence-electron chi connectivity index (χ1n) is 6.38. The summed E-state index contributed by atoms with van der Waals surface area (Å²) < 4.78 is 0. The van der Waals surface area contributed by atoms with Gasteiger partial charge in [-0.15, -0.1) is 0 Å². The Morgan fingerprint density at radius 1 is 1.22 bits per heavy atom. The Morgan fingerprint density at radius 2 is 2.11 bits per heavy atom. The maximum atomic E-state index is 4.34. The minimum Gasteiger partial charge on any atom is -0.313 e. The molecule has 0 saturated heterocycles. The fourth-order valence-corrected chi connectivity index (χ4v) is 1.97. The number of benzene rings is 1. The van der Waals surface area contributed by atoms with Crippen LogP contribution in [-0.4, -0.2) is 16.5 Å². The number of aromatic nitrogens is 2. The zero-order valence-electron chi connectivity index (χ0n) is 11.0. The highest BCUT2D eigenvalue weighted by molar-refractivity contribution is 5.62. The van der Waals surface area contributed by atoms with Gasteiger partial charge in [-0.2, -0.15) is 0 Å². The Labute approximate surface area is 108 Å². The largest absolute Gasteiger partial charge is 0.313 e. The van der Waals surface area contributed by atoms with Crippen LogP contribution in [0.2, 0.25) is 0 Å². The van der Waals surface area contributed by atoms with Crippen LogP contribution >= 0.6 is 0 Å². The van der Waals surface area contributed by atoms with Gasteiger partial charge in [0.25, 0.3) is 0 Å². The second kappa shape index (κ2) is 6.26. The van der Waals surface area contributed by atoms with Gasteiger partial charge in [0.2, 0.25) is 0 Å². The first-order valence-corrected chi connectivity index (χ1v) is 6.38. The monoisotopic (exact) mass is 241 g/mol. The maximum Gasteiger partial charge on any atom is 0.0887 e. The summed E-state index contributed by atoms with van der Waals surface area (Å²) in [5.41, 5.74) is 4.64.